The number of methoxy groups -OCH3 is 1. The van der Waals surface area contributed by atoms with Crippen LogP contribution in [0.3, 0.4) is 0 Å². The zero-order valence-electron chi connectivity index (χ0n) is 18.7. The second-order valence-corrected chi connectivity index (χ2v) is 8.21. The molecular formula is C26H31NO3. The van der Waals surface area contributed by atoms with Gasteiger partial charge in [-0.05, 0) is 47.2 Å². The molecule has 3 aromatic rings. The predicted molar refractivity (Wildman–Crippen MR) is 122 cm³/mol. The summed E-state index contributed by atoms with van der Waals surface area (Å²) in [6.07, 6.45) is 0. The number of ether oxygens (including phenoxy) is 2. The number of hydrogen-bond acceptors (Lipinski definition) is 4. The van der Waals surface area contributed by atoms with Gasteiger partial charge in [0.15, 0.2) is 0 Å². The summed E-state index contributed by atoms with van der Waals surface area (Å²) >= 11 is 0. The quantitative estimate of drug-likeness (QED) is 0.431. The molecule has 1 atom stereocenters. The van der Waals surface area contributed by atoms with Gasteiger partial charge in [-0.3, -0.25) is 4.79 Å². The fourth-order valence-electron chi connectivity index (χ4n) is 3.96. The Labute approximate surface area is 179 Å². The summed E-state index contributed by atoms with van der Waals surface area (Å²) in [6, 6.07) is 16.7. The number of aromatic nitrogens is 1. The van der Waals surface area contributed by atoms with Crippen LogP contribution in [0.25, 0.3) is 22.0 Å². The molecule has 158 valence electrons. The standard InChI is InChI=1S/C26H31NO3/c1-7-30-26(28)24(17(4)5)21-13-14-23(27-25(21)29-6)19-12-11-18-9-8-10-20(16(2)3)22(18)15-19/h8-17,24H,7H2,1-6H3. The summed E-state index contributed by atoms with van der Waals surface area (Å²) in [5, 5.41) is 2.46. The van der Waals surface area contributed by atoms with Gasteiger partial charge in [0.2, 0.25) is 5.88 Å². The number of benzene rings is 2. The van der Waals surface area contributed by atoms with Gasteiger partial charge in [0.25, 0.3) is 0 Å². The van der Waals surface area contributed by atoms with E-state index < -0.39 is 5.92 Å². The van der Waals surface area contributed by atoms with Crippen molar-refractivity contribution in [3.8, 4) is 17.1 Å². The zero-order chi connectivity index (χ0) is 21.8. The van der Waals surface area contributed by atoms with Crippen LogP contribution in [0.2, 0.25) is 0 Å². The number of fused-ring (bicyclic) bond motifs is 1. The molecule has 0 saturated carbocycles. The molecule has 1 aromatic heterocycles. The summed E-state index contributed by atoms with van der Waals surface area (Å²) in [5.41, 5.74) is 3.93. The molecule has 0 radical (unpaired) electrons. The van der Waals surface area contributed by atoms with Gasteiger partial charge in [0.05, 0.1) is 25.3 Å². The van der Waals surface area contributed by atoms with E-state index in [-0.39, 0.29) is 11.9 Å². The number of rotatable bonds is 7. The minimum Gasteiger partial charge on any atom is -0.481 e. The summed E-state index contributed by atoms with van der Waals surface area (Å²) in [4.78, 5) is 17.3. The molecule has 3 rings (SSSR count). The molecule has 0 aliphatic heterocycles. The fourth-order valence-corrected chi connectivity index (χ4v) is 3.96. The van der Waals surface area contributed by atoms with E-state index in [0.717, 1.165) is 16.8 Å². The van der Waals surface area contributed by atoms with E-state index in [1.54, 1.807) is 7.11 Å². The van der Waals surface area contributed by atoms with Crippen molar-refractivity contribution in [2.45, 2.75) is 46.5 Å². The van der Waals surface area contributed by atoms with E-state index in [1.165, 1.54) is 16.3 Å². The molecule has 0 bridgehead atoms. The van der Waals surface area contributed by atoms with E-state index in [4.69, 9.17) is 14.5 Å². The highest BCUT2D eigenvalue weighted by Crippen LogP contribution is 2.35. The van der Waals surface area contributed by atoms with Crippen molar-refractivity contribution >= 4 is 16.7 Å². The average molecular weight is 406 g/mol. The number of pyridine rings is 1. The summed E-state index contributed by atoms with van der Waals surface area (Å²) in [6.45, 7) is 10.6. The van der Waals surface area contributed by atoms with Gasteiger partial charge >= 0.3 is 5.97 Å². The van der Waals surface area contributed by atoms with Crippen molar-refractivity contribution < 1.29 is 14.3 Å². The molecule has 2 aromatic carbocycles. The molecule has 0 spiro atoms. The lowest BCUT2D eigenvalue weighted by molar-refractivity contribution is -0.146. The van der Waals surface area contributed by atoms with E-state index in [0.29, 0.717) is 18.4 Å². The average Bonchev–Trinajstić information content (AvgIpc) is 2.73. The highest BCUT2D eigenvalue weighted by Gasteiger charge is 2.29. The third kappa shape index (κ3) is 4.33. The lowest BCUT2D eigenvalue weighted by Gasteiger charge is -2.21. The van der Waals surface area contributed by atoms with Crippen LogP contribution in [0.4, 0.5) is 0 Å². The van der Waals surface area contributed by atoms with Gasteiger partial charge < -0.3 is 9.47 Å². The molecule has 1 heterocycles. The number of hydrogen-bond donors (Lipinski definition) is 0. The largest absolute Gasteiger partial charge is 0.481 e. The van der Waals surface area contributed by atoms with Crippen LogP contribution in [-0.4, -0.2) is 24.7 Å². The summed E-state index contributed by atoms with van der Waals surface area (Å²) in [5.74, 6) is 0.319. The molecule has 0 fully saturated rings. The first-order valence-corrected chi connectivity index (χ1v) is 10.6. The first-order valence-electron chi connectivity index (χ1n) is 10.6. The van der Waals surface area contributed by atoms with Crippen molar-refractivity contribution in [2.24, 2.45) is 5.92 Å². The van der Waals surface area contributed by atoms with E-state index in [1.807, 2.05) is 32.9 Å². The maximum atomic E-state index is 12.6. The number of carbonyl (C=O) groups excluding carboxylic acids is 1. The van der Waals surface area contributed by atoms with Gasteiger partial charge in [0.1, 0.15) is 0 Å². The number of carbonyl (C=O) groups is 1. The van der Waals surface area contributed by atoms with E-state index in [2.05, 4.69) is 50.2 Å². The zero-order valence-corrected chi connectivity index (χ0v) is 18.7. The maximum Gasteiger partial charge on any atom is 0.313 e. The Kier molecular flexibility index (Phi) is 6.76. The van der Waals surface area contributed by atoms with Crippen molar-refractivity contribution in [1.82, 2.24) is 4.98 Å². The van der Waals surface area contributed by atoms with Crippen molar-refractivity contribution in [2.75, 3.05) is 13.7 Å². The van der Waals surface area contributed by atoms with E-state index >= 15 is 0 Å². The van der Waals surface area contributed by atoms with Gasteiger partial charge in [-0.25, -0.2) is 4.98 Å². The van der Waals surface area contributed by atoms with Crippen LogP contribution < -0.4 is 4.74 Å². The van der Waals surface area contributed by atoms with Gasteiger partial charge in [-0.1, -0.05) is 64.1 Å². The van der Waals surface area contributed by atoms with Gasteiger partial charge in [-0.2, -0.15) is 0 Å². The van der Waals surface area contributed by atoms with Crippen LogP contribution in [0.1, 0.15) is 57.6 Å². The van der Waals surface area contributed by atoms with Crippen molar-refractivity contribution in [3.63, 3.8) is 0 Å². The van der Waals surface area contributed by atoms with Crippen LogP contribution in [0.5, 0.6) is 5.88 Å². The Morgan fingerprint density at radius 1 is 1.00 bits per heavy atom. The van der Waals surface area contributed by atoms with Crippen LogP contribution in [0, 0.1) is 5.92 Å². The minimum atomic E-state index is -0.411. The highest BCUT2D eigenvalue weighted by molar-refractivity contribution is 5.90. The smallest absolute Gasteiger partial charge is 0.313 e. The Morgan fingerprint density at radius 2 is 1.77 bits per heavy atom. The van der Waals surface area contributed by atoms with Crippen molar-refractivity contribution in [3.05, 3.63) is 59.7 Å². The Morgan fingerprint density at radius 3 is 2.40 bits per heavy atom. The second-order valence-electron chi connectivity index (χ2n) is 8.21. The maximum absolute atomic E-state index is 12.6. The third-order valence-electron chi connectivity index (χ3n) is 5.46. The molecule has 0 aliphatic carbocycles. The Bertz CT molecular complexity index is 1040. The monoisotopic (exact) mass is 405 g/mol. The van der Waals surface area contributed by atoms with Gasteiger partial charge in [-0.15, -0.1) is 0 Å². The lowest BCUT2D eigenvalue weighted by Crippen LogP contribution is -2.22. The fraction of sp³-hybridized carbons (Fsp3) is 0.385. The molecule has 30 heavy (non-hydrogen) atoms. The molecule has 4 heteroatoms. The number of esters is 1. The molecule has 0 amide bonds. The molecule has 0 saturated heterocycles. The Balaban J connectivity index is 2.08. The summed E-state index contributed by atoms with van der Waals surface area (Å²) in [7, 11) is 1.59. The predicted octanol–water partition coefficient (Wildman–Crippen LogP) is 6.34. The van der Waals surface area contributed by atoms with E-state index in [9.17, 15) is 4.79 Å². The topological polar surface area (TPSA) is 48.4 Å². The second kappa shape index (κ2) is 9.29. The lowest BCUT2D eigenvalue weighted by atomic mass is 9.88. The van der Waals surface area contributed by atoms with Crippen molar-refractivity contribution in [1.29, 1.82) is 0 Å². The van der Waals surface area contributed by atoms with Gasteiger partial charge in [0, 0.05) is 11.1 Å². The van der Waals surface area contributed by atoms with Crippen LogP contribution in [-0.2, 0) is 9.53 Å². The third-order valence-corrected chi connectivity index (χ3v) is 5.46. The SMILES string of the molecule is CCOC(=O)C(c1ccc(-c2ccc3cccc(C(C)C)c3c2)nc1OC)C(C)C. The highest BCUT2D eigenvalue weighted by atomic mass is 16.5. The number of nitrogens with zero attached hydrogens (tertiary/aromatic N) is 1. The summed E-state index contributed by atoms with van der Waals surface area (Å²) < 4.78 is 10.9. The molecule has 4 nitrogen and oxygen atoms in total. The minimum absolute atomic E-state index is 0.0693. The molecule has 0 aliphatic rings. The first kappa shape index (κ1) is 21.8. The first-order chi connectivity index (χ1) is 14.4. The molecule has 0 N–H and O–H groups in total. The molecular weight excluding hydrogens is 374 g/mol. The van der Waals surface area contributed by atoms with Crippen LogP contribution >= 0.6 is 0 Å². The molecule has 1 unspecified atom stereocenters. The van der Waals surface area contributed by atoms with Crippen LogP contribution in [0.15, 0.2) is 48.5 Å². The Hall–Kier alpha value is -2.88. The normalized spacial score (nSPS) is 12.4.